The van der Waals surface area contributed by atoms with Crippen LogP contribution in [-0.4, -0.2) is 10.2 Å². The number of aromatic hydroxyl groups is 2. The second-order valence-corrected chi connectivity index (χ2v) is 9.43. The predicted octanol–water partition coefficient (Wildman–Crippen LogP) is 8.03. The average Bonchev–Trinajstić information content (AvgIpc) is 2.62. The number of allylic oxidation sites excluding steroid dienone is 2. The molecule has 0 fully saturated rings. The zero-order chi connectivity index (χ0) is 20.9. The maximum atomic E-state index is 9.85. The van der Waals surface area contributed by atoms with Crippen molar-refractivity contribution in [3.05, 3.63) is 35.4 Å². The SMILES string of the molecule is C/C(=C\Cc1cc(O)ccc1O)CCCC(C)CCCC(C)CCCC(C)C. The van der Waals surface area contributed by atoms with E-state index in [-0.39, 0.29) is 11.5 Å². The van der Waals surface area contributed by atoms with Gasteiger partial charge in [0.15, 0.2) is 0 Å². The van der Waals surface area contributed by atoms with Crippen LogP contribution in [-0.2, 0) is 6.42 Å². The Bertz CT molecular complexity index is 574. The molecule has 0 saturated heterocycles. The molecule has 1 aromatic rings. The number of hydrogen-bond donors (Lipinski definition) is 2. The fourth-order valence-electron chi connectivity index (χ4n) is 3.83. The second-order valence-electron chi connectivity index (χ2n) is 9.43. The topological polar surface area (TPSA) is 40.5 Å². The molecule has 0 heterocycles. The summed E-state index contributed by atoms with van der Waals surface area (Å²) in [5.74, 6) is 3.00. The zero-order valence-electron chi connectivity index (χ0n) is 19.0. The molecule has 2 N–H and O–H groups in total. The summed E-state index contributed by atoms with van der Waals surface area (Å²) in [7, 11) is 0. The summed E-state index contributed by atoms with van der Waals surface area (Å²) in [4.78, 5) is 0. The third-order valence-corrected chi connectivity index (χ3v) is 5.87. The molecule has 0 amide bonds. The van der Waals surface area contributed by atoms with Crippen molar-refractivity contribution in [3.63, 3.8) is 0 Å². The van der Waals surface area contributed by atoms with E-state index in [0.717, 1.165) is 29.7 Å². The minimum Gasteiger partial charge on any atom is -0.508 e. The third kappa shape index (κ3) is 11.4. The normalized spacial score (nSPS) is 14.4. The number of rotatable bonds is 14. The van der Waals surface area contributed by atoms with Gasteiger partial charge in [-0.2, -0.15) is 0 Å². The van der Waals surface area contributed by atoms with Crippen LogP contribution in [0.15, 0.2) is 29.8 Å². The third-order valence-electron chi connectivity index (χ3n) is 5.87. The van der Waals surface area contributed by atoms with Crippen LogP contribution < -0.4 is 0 Å². The molecule has 2 unspecified atom stereocenters. The van der Waals surface area contributed by atoms with Gasteiger partial charge in [0.2, 0.25) is 0 Å². The molecule has 0 radical (unpaired) electrons. The summed E-state index contributed by atoms with van der Waals surface area (Å²) in [6.07, 6.45) is 14.8. The summed E-state index contributed by atoms with van der Waals surface area (Å²) in [5.41, 5.74) is 2.16. The highest BCUT2D eigenvalue weighted by Crippen LogP contribution is 2.24. The molecule has 0 aliphatic heterocycles. The first kappa shape index (κ1) is 24.6. The summed E-state index contributed by atoms with van der Waals surface area (Å²) in [6, 6.07) is 4.72. The monoisotopic (exact) mass is 388 g/mol. The van der Waals surface area contributed by atoms with Gasteiger partial charge in [0, 0.05) is 5.56 Å². The smallest absolute Gasteiger partial charge is 0.119 e. The van der Waals surface area contributed by atoms with E-state index in [1.165, 1.54) is 63.0 Å². The molecule has 0 aliphatic carbocycles. The van der Waals surface area contributed by atoms with Crippen molar-refractivity contribution >= 4 is 0 Å². The van der Waals surface area contributed by atoms with Crippen molar-refractivity contribution in [2.45, 2.75) is 98.8 Å². The fraction of sp³-hybridized carbons (Fsp3) is 0.692. The molecule has 160 valence electrons. The molecule has 0 aliphatic rings. The van der Waals surface area contributed by atoms with Gasteiger partial charge in [0.1, 0.15) is 11.5 Å². The fourth-order valence-corrected chi connectivity index (χ4v) is 3.83. The number of phenolic OH excluding ortho intramolecular Hbond substituents is 2. The molecule has 1 aromatic carbocycles. The summed E-state index contributed by atoms with van der Waals surface area (Å²) in [5, 5.41) is 19.4. The van der Waals surface area contributed by atoms with Crippen molar-refractivity contribution in [1.82, 2.24) is 0 Å². The van der Waals surface area contributed by atoms with E-state index in [0.29, 0.717) is 6.42 Å². The molecule has 2 heteroatoms. The quantitative estimate of drug-likeness (QED) is 0.250. The van der Waals surface area contributed by atoms with Crippen molar-refractivity contribution in [2.75, 3.05) is 0 Å². The van der Waals surface area contributed by atoms with Gasteiger partial charge in [-0.15, -0.1) is 0 Å². The van der Waals surface area contributed by atoms with E-state index in [2.05, 4.69) is 40.7 Å². The molecule has 1 rings (SSSR count). The van der Waals surface area contributed by atoms with Crippen LogP contribution >= 0.6 is 0 Å². The van der Waals surface area contributed by atoms with Gasteiger partial charge in [-0.05, 0) is 62.1 Å². The largest absolute Gasteiger partial charge is 0.508 e. The van der Waals surface area contributed by atoms with Crippen molar-refractivity contribution in [1.29, 1.82) is 0 Å². The Morgan fingerprint density at radius 2 is 1.43 bits per heavy atom. The first-order chi connectivity index (χ1) is 13.3. The Hall–Kier alpha value is -1.44. The van der Waals surface area contributed by atoms with Crippen LogP contribution in [0.5, 0.6) is 11.5 Å². The van der Waals surface area contributed by atoms with Crippen molar-refractivity contribution in [3.8, 4) is 11.5 Å². The predicted molar refractivity (Wildman–Crippen MR) is 122 cm³/mol. The lowest BCUT2D eigenvalue weighted by molar-refractivity contribution is 0.389. The summed E-state index contributed by atoms with van der Waals surface area (Å²) in [6.45, 7) is 11.6. The standard InChI is InChI=1S/C26H44O2/c1-20(2)9-6-10-21(3)11-7-12-22(4)13-8-14-23(5)15-16-24-19-25(27)17-18-26(24)28/h15,17-22,27-28H,6-14,16H2,1-5H3/b23-15+. The lowest BCUT2D eigenvalue weighted by Gasteiger charge is -2.15. The molecule has 0 spiro atoms. The lowest BCUT2D eigenvalue weighted by Crippen LogP contribution is -2.00. The van der Waals surface area contributed by atoms with E-state index < -0.39 is 0 Å². The van der Waals surface area contributed by atoms with Gasteiger partial charge in [0.25, 0.3) is 0 Å². The Morgan fingerprint density at radius 3 is 2.04 bits per heavy atom. The summed E-state index contributed by atoms with van der Waals surface area (Å²) < 4.78 is 0. The van der Waals surface area contributed by atoms with Crippen LogP contribution in [0.2, 0.25) is 0 Å². The highest BCUT2D eigenvalue weighted by atomic mass is 16.3. The minimum atomic E-state index is 0.210. The summed E-state index contributed by atoms with van der Waals surface area (Å²) >= 11 is 0. The van der Waals surface area contributed by atoms with Crippen LogP contribution in [0, 0.1) is 17.8 Å². The molecule has 28 heavy (non-hydrogen) atoms. The molecule has 2 atom stereocenters. The van der Waals surface area contributed by atoms with E-state index in [1.807, 2.05) is 0 Å². The Kier molecular flexibility index (Phi) is 12.0. The van der Waals surface area contributed by atoms with E-state index in [9.17, 15) is 10.2 Å². The molecule has 2 nitrogen and oxygen atoms in total. The number of hydrogen-bond acceptors (Lipinski definition) is 2. The minimum absolute atomic E-state index is 0.210. The van der Waals surface area contributed by atoms with Crippen LogP contribution in [0.25, 0.3) is 0 Å². The first-order valence-corrected chi connectivity index (χ1v) is 11.4. The Morgan fingerprint density at radius 1 is 0.857 bits per heavy atom. The molecule has 0 aromatic heterocycles. The highest BCUT2D eigenvalue weighted by molar-refractivity contribution is 5.39. The van der Waals surface area contributed by atoms with E-state index in [4.69, 9.17) is 0 Å². The first-order valence-electron chi connectivity index (χ1n) is 11.4. The van der Waals surface area contributed by atoms with Gasteiger partial charge >= 0.3 is 0 Å². The van der Waals surface area contributed by atoms with Gasteiger partial charge in [-0.3, -0.25) is 0 Å². The molecule has 0 bridgehead atoms. The van der Waals surface area contributed by atoms with Crippen molar-refractivity contribution < 1.29 is 10.2 Å². The average molecular weight is 389 g/mol. The lowest BCUT2D eigenvalue weighted by atomic mass is 9.91. The van der Waals surface area contributed by atoms with Gasteiger partial charge in [-0.1, -0.05) is 84.3 Å². The van der Waals surface area contributed by atoms with Gasteiger partial charge in [-0.25, -0.2) is 0 Å². The molecular formula is C26H44O2. The van der Waals surface area contributed by atoms with Gasteiger partial charge in [0.05, 0.1) is 0 Å². The van der Waals surface area contributed by atoms with Crippen LogP contribution in [0.1, 0.15) is 98.0 Å². The highest BCUT2D eigenvalue weighted by Gasteiger charge is 2.07. The van der Waals surface area contributed by atoms with E-state index in [1.54, 1.807) is 12.1 Å². The van der Waals surface area contributed by atoms with Gasteiger partial charge < -0.3 is 10.2 Å². The Labute approximate surface area is 174 Å². The van der Waals surface area contributed by atoms with Crippen molar-refractivity contribution in [2.24, 2.45) is 17.8 Å². The maximum absolute atomic E-state index is 9.85. The molecular weight excluding hydrogens is 344 g/mol. The molecule has 0 saturated carbocycles. The Balaban J connectivity index is 2.16. The number of benzene rings is 1. The van der Waals surface area contributed by atoms with E-state index >= 15 is 0 Å². The van der Waals surface area contributed by atoms with Crippen LogP contribution in [0.3, 0.4) is 0 Å². The zero-order valence-corrected chi connectivity index (χ0v) is 19.0. The number of phenols is 2. The second kappa shape index (κ2) is 13.7. The van der Waals surface area contributed by atoms with Crippen LogP contribution in [0.4, 0.5) is 0 Å². The maximum Gasteiger partial charge on any atom is 0.119 e.